The van der Waals surface area contributed by atoms with Gasteiger partial charge in [0.2, 0.25) is 5.91 Å². The number of aromatic amines is 1. The SMILES string of the molecule is O=C(CNCC1CC1)Nc1cccc2cn[nH]c12. The van der Waals surface area contributed by atoms with Crippen molar-refractivity contribution in [3.8, 4) is 0 Å². The lowest BCUT2D eigenvalue weighted by Crippen LogP contribution is -2.29. The van der Waals surface area contributed by atoms with E-state index in [1.165, 1.54) is 12.8 Å². The molecule has 3 rings (SSSR count). The minimum absolute atomic E-state index is 0.0160. The van der Waals surface area contributed by atoms with Gasteiger partial charge >= 0.3 is 0 Å². The Labute approximate surface area is 105 Å². The molecule has 1 aliphatic carbocycles. The zero-order valence-electron chi connectivity index (χ0n) is 10.1. The monoisotopic (exact) mass is 244 g/mol. The second kappa shape index (κ2) is 4.78. The van der Waals surface area contributed by atoms with Crippen molar-refractivity contribution in [1.29, 1.82) is 0 Å². The van der Waals surface area contributed by atoms with E-state index in [0.717, 1.165) is 29.1 Å². The molecule has 1 amide bonds. The van der Waals surface area contributed by atoms with Crippen molar-refractivity contribution in [3.63, 3.8) is 0 Å². The number of carbonyl (C=O) groups excluding carboxylic acids is 1. The number of hydrogen-bond donors (Lipinski definition) is 3. The standard InChI is InChI=1S/C13H16N4O/c18-12(8-14-6-9-4-5-9)16-11-3-1-2-10-7-15-17-13(10)11/h1-3,7,9,14H,4-6,8H2,(H,15,17)(H,16,18). The summed E-state index contributed by atoms with van der Waals surface area (Å²) in [7, 11) is 0. The van der Waals surface area contributed by atoms with Crippen LogP contribution in [0.5, 0.6) is 0 Å². The number of aromatic nitrogens is 2. The largest absolute Gasteiger partial charge is 0.323 e. The van der Waals surface area contributed by atoms with E-state index in [4.69, 9.17) is 0 Å². The summed E-state index contributed by atoms with van der Waals surface area (Å²) in [5.74, 6) is 0.770. The molecule has 0 bridgehead atoms. The Balaban J connectivity index is 1.60. The van der Waals surface area contributed by atoms with E-state index in [-0.39, 0.29) is 5.91 Å². The fraction of sp³-hybridized carbons (Fsp3) is 0.385. The lowest BCUT2D eigenvalue weighted by molar-refractivity contribution is -0.115. The number of para-hydroxylation sites is 1. The summed E-state index contributed by atoms with van der Waals surface area (Å²) in [5.41, 5.74) is 1.65. The first-order valence-electron chi connectivity index (χ1n) is 6.25. The number of hydrogen-bond acceptors (Lipinski definition) is 3. The number of nitrogens with one attached hydrogen (secondary N) is 3. The summed E-state index contributed by atoms with van der Waals surface area (Å²) < 4.78 is 0. The van der Waals surface area contributed by atoms with Gasteiger partial charge in [0.15, 0.2) is 0 Å². The second-order valence-corrected chi connectivity index (χ2v) is 4.76. The van der Waals surface area contributed by atoms with Crippen molar-refractivity contribution in [3.05, 3.63) is 24.4 Å². The van der Waals surface area contributed by atoms with Crippen molar-refractivity contribution in [1.82, 2.24) is 15.5 Å². The lowest BCUT2D eigenvalue weighted by atomic mass is 10.2. The fourth-order valence-corrected chi connectivity index (χ4v) is 1.98. The van der Waals surface area contributed by atoms with Gasteiger partial charge in [-0.1, -0.05) is 12.1 Å². The van der Waals surface area contributed by atoms with E-state index in [9.17, 15) is 4.79 Å². The molecule has 0 radical (unpaired) electrons. The van der Waals surface area contributed by atoms with Gasteiger partial charge in [0.05, 0.1) is 23.9 Å². The quantitative estimate of drug-likeness (QED) is 0.746. The minimum atomic E-state index is -0.0160. The van der Waals surface area contributed by atoms with Crippen molar-refractivity contribution in [2.45, 2.75) is 12.8 Å². The van der Waals surface area contributed by atoms with Crippen LogP contribution in [0.2, 0.25) is 0 Å². The normalized spacial score (nSPS) is 14.9. The maximum absolute atomic E-state index is 11.8. The molecule has 0 atom stereocenters. The molecule has 1 aliphatic rings. The smallest absolute Gasteiger partial charge is 0.238 e. The van der Waals surface area contributed by atoms with Gasteiger partial charge < -0.3 is 10.6 Å². The first-order valence-corrected chi connectivity index (χ1v) is 6.25. The fourth-order valence-electron chi connectivity index (χ4n) is 1.98. The highest BCUT2D eigenvalue weighted by Crippen LogP contribution is 2.27. The van der Waals surface area contributed by atoms with Crippen LogP contribution in [0.3, 0.4) is 0 Å². The summed E-state index contributed by atoms with van der Waals surface area (Å²) in [6.07, 6.45) is 4.33. The molecule has 0 aliphatic heterocycles. The van der Waals surface area contributed by atoms with Crippen LogP contribution in [0.25, 0.3) is 10.9 Å². The summed E-state index contributed by atoms with van der Waals surface area (Å²) in [4.78, 5) is 11.8. The highest BCUT2D eigenvalue weighted by atomic mass is 16.1. The van der Waals surface area contributed by atoms with Gasteiger partial charge in [-0.25, -0.2) is 0 Å². The van der Waals surface area contributed by atoms with E-state index < -0.39 is 0 Å². The van der Waals surface area contributed by atoms with Crippen LogP contribution in [-0.4, -0.2) is 29.2 Å². The van der Waals surface area contributed by atoms with Gasteiger partial charge in [-0.3, -0.25) is 9.89 Å². The molecule has 2 aromatic rings. The molecule has 1 saturated carbocycles. The molecule has 1 fully saturated rings. The molecule has 1 aromatic carbocycles. The van der Waals surface area contributed by atoms with Crippen molar-refractivity contribution >= 4 is 22.5 Å². The molecular formula is C13H16N4O. The molecule has 0 saturated heterocycles. The number of carbonyl (C=O) groups is 1. The van der Waals surface area contributed by atoms with Crippen molar-refractivity contribution in [2.75, 3.05) is 18.4 Å². The lowest BCUT2D eigenvalue weighted by Gasteiger charge is -2.07. The number of amides is 1. The number of anilines is 1. The first kappa shape index (κ1) is 11.2. The average molecular weight is 244 g/mol. The van der Waals surface area contributed by atoms with Gasteiger partial charge in [0.25, 0.3) is 0 Å². The average Bonchev–Trinajstić information content (AvgIpc) is 3.05. The predicted octanol–water partition coefficient (Wildman–Crippen LogP) is 1.50. The van der Waals surface area contributed by atoms with Crippen LogP contribution in [0, 0.1) is 5.92 Å². The highest BCUT2D eigenvalue weighted by molar-refractivity contribution is 6.00. The molecule has 1 heterocycles. The van der Waals surface area contributed by atoms with E-state index >= 15 is 0 Å². The van der Waals surface area contributed by atoms with Gasteiger partial charge in [-0.2, -0.15) is 5.10 Å². The molecule has 0 spiro atoms. The van der Waals surface area contributed by atoms with Gasteiger partial charge in [0, 0.05) is 5.39 Å². The molecule has 5 heteroatoms. The van der Waals surface area contributed by atoms with Crippen LogP contribution in [-0.2, 0) is 4.79 Å². The maximum Gasteiger partial charge on any atom is 0.238 e. The third-order valence-corrected chi connectivity index (χ3v) is 3.17. The topological polar surface area (TPSA) is 69.8 Å². The summed E-state index contributed by atoms with van der Waals surface area (Å²) in [6, 6.07) is 5.74. The Hall–Kier alpha value is -1.88. The highest BCUT2D eigenvalue weighted by Gasteiger charge is 2.20. The number of nitrogens with zero attached hydrogens (tertiary/aromatic N) is 1. The van der Waals surface area contributed by atoms with E-state index in [1.807, 2.05) is 18.2 Å². The predicted molar refractivity (Wildman–Crippen MR) is 70.3 cm³/mol. The van der Waals surface area contributed by atoms with Crippen molar-refractivity contribution < 1.29 is 4.79 Å². The number of rotatable bonds is 5. The Morgan fingerprint density at radius 1 is 1.44 bits per heavy atom. The summed E-state index contributed by atoms with van der Waals surface area (Å²) in [5, 5.41) is 13.9. The molecule has 94 valence electrons. The van der Waals surface area contributed by atoms with Crippen molar-refractivity contribution in [2.24, 2.45) is 5.92 Å². The zero-order valence-corrected chi connectivity index (χ0v) is 10.1. The van der Waals surface area contributed by atoms with Crippen LogP contribution >= 0.6 is 0 Å². The Bertz CT molecular complexity index is 559. The van der Waals surface area contributed by atoms with Gasteiger partial charge in [-0.15, -0.1) is 0 Å². The Morgan fingerprint density at radius 2 is 2.33 bits per heavy atom. The first-order chi connectivity index (χ1) is 8.83. The second-order valence-electron chi connectivity index (χ2n) is 4.76. The molecule has 18 heavy (non-hydrogen) atoms. The third-order valence-electron chi connectivity index (χ3n) is 3.17. The van der Waals surface area contributed by atoms with E-state index in [2.05, 4.69) is 20.8 Å². The zero-order chi connectivity index (χ0) is 12.4. The van der Waals surface area contributed by atoms with Crippen LogP contribution in [0.15, 0.2) is 24.4 Å². The Kier molecular flexibility index (Phi) is 2.98. The summed E-state index contributed by atoms with van der Waals surface area (Å²) in [6.45, 7) is 1.31. The van der Waals surface area contributed by atoms with E-state index in [1.54, 1.807) is 6.20 Å². The third kappa shape index (κ3) is 2.51. The van der Waals surface area contributed by atoms with Gasteiger partial charge in [0.1, 0.15) is 0 Å². The van der Waals surface area contributed by atoms with E-state index in [0.29, 0.717) is 6.54 Å². The molecule has 1 aromatic heterocycles. The molecule has 5 nitrogen and oxygen atoms in total. The van der Waals surface area contributed by atoms with Crippen LogP contribution in [0.4, 0.5) is 5.69 Å². The maximum atomic E-state index is 11.8. The Morgan fingerprint density at radius 3 is 3.17 bits per heavy atom. The van der Waals surface area contributed by atoms with Crippen LogP contribution < -0.4 is 10.6 Å². The molecular weight excluding hydrogens is 228 g/mol. The summed E-state index contributed by atoms with van der Waals surface area (Å²) >= 11 is 0. The molecule has 0 unspecified atom stereocenters. The number of benzene rings is 1. The van der Waals surface area contributed by atoms with Crippen LogP contribution in [0.1, 0.15) is 12.8 Å². The van der Waals surface area contributed by atoms with Gasteiger partial charge in [-0.05, 0) is 31.4 Å². The molecule has 3 N–H and O–H groups in total. The minimum Gasteiger partial charge on any atom is -0.323 e. The number of H-pyrrole nitrogens is 1. The number of fused-ring (bicyclic) bond motifs is 1.